The second kappa shape index (κ2) is 4.94. The highest BCUT2D eigenvalue weighted by Gasteiger charge is 2.09. The van der Waals surface area contributed by atoms with Crippen molar-refractivity contribution in [3.8, 4) is 0 Å². The lowest BCUT2D eigenvalue weighted by Crippen LogP contribution is -2.09. The Balaban J connectivity index is 2.25. The van der Waals surface area contributed by atoms with Crippen molar-refractivity contribution in [2.45, 2.75) is 0 Å². The maximum atomic E-state index is 11.2. The standard InChI is InChI=1S/C15H12N2O2S/c1-17-12-8-4-5-9-13(12)20-15(17)16-11-7-3-2-6-10(11)14(18)19/h2-9H,1H3,(H,18,19). The van der Waals surface area contributed by atoms with Crippen LogP contribution < -0.4 is 4.80 Å². The Labute approximate surface area is 119 Å². The van der Waals surface area contributed by atoms with Gasteiger partial charge in [-0.15, -0.1) is 0 Å². The number of aromatic nitrogens is 1. The van der Waals surface area contributed by atoms with Gasteiger partial charge in [0.25, 0.3) is 0 Å². The largest absolute Gasteiger partial charge is 0.478 e. The van der Waals surface area contributed by atoms with E-state index in [1.165, 1.54) is 0 Å². The molecule has 3 rings (SSSR count). The Morgan fingerprint density at radius 2 is 1.85 bits per heavy atom. The first-order chi connectivity index (χ1) is 9.66. The Morgan fingerprint density at radius 3 is 2.60 bits per heavy atom. The number of nitrogens with zero attached hydrogens (tertiary/aromatic N) is 2. The van der Waals surface area contributed by atoms with Crippen LogP contribution in [0.4, 0.5) is 5.69 Å². The lowest BCUT2D eigenvalue weighted by atomic mass is 10.2. The summed E-state index contributed by atoms with van der Waals surface area (Å²) in [6.07, 6.45) is 0. The van der Waals surface area contributed by atoms with Crippen molar-refractivity contribution in [2.24, 2.45) is 12.0 Å². The van der Waals surface area contributed by atoms with Crippen molar-refractivity contribution >= 4 is 33.2 Å². The van der Waals surface area contributed by atoms with Crippen LogP contribution in [0.3, 0.4) is 0 Å². The Morgan fingerprint density at radius 1 is 1.15 bits per heavy atom. The molecule has 0 atom stereocenters. The number of para-hydroxylation sites is 2. The minimum atomic E-state index is -0.965. The van der Waals surface area contributed by atoms with E-state index in [2.05, 4.69) is 4.99 Å². The Hall–Kier alpha value is -2.40. The molecule has 1 heterocycles. The molecule has 4 nitrogen and oxygen atoms in total. The molecule has 3 aromatic rings. The van der Waals surface area contributed by atoms with E-state index in [4.69, 9.17) is 0 Å². The van der Waals surface area contributed by atoms with Gasteiger partial charge in [0, 0.05) is 7.05 Å². The first-order valence-electron chi connectivity index (χ1n) is 6.08. The van der Waals surface area contributed by atoms with E-state index < -0.39 is 5.97 Å². The molecular weight excluding hydrogens is 272 g/mol. The van der Waals surface area contributed by atoms with Gasteiger partial charge in [-0.2, -0.15) is 0 Å². The highest BCUT2D eigenvalue weighted by molar-refractivity contribution is 7.16. The molecule has 1 aromatic heterocycles. The predicted molar refractivity (Wildman–Crippen MR) is 79.4 cm³/mol. The normalized spacial score (nSPS) is 11.9. The summed E-state index contributed by atoms with van der Waals surface area (Å²) in [6, 6.07) is 14.8. The average Bonchev–Trinajstić information content (AvgIpc) is 2.76. The number of benzene rings is 2. The summed E-state index contributed by atoms with van der Waals surface area (Å²) < 4.78 is 3.10. The molecule has 1 N–H and O–H groups in total. The van der Waals surface area contributed by atoms with Gasteiger partial charge in [0.05, 0.1) is 21.5 Å². The maximum Gasteiger partial charge on any atom is 0.337 e. The summed E-state index contributed by atoms with van der Waals surface area (Å²) in [4.78, 5) is 16.5. The van der Waals surface area contributed by atoms with E-state index in [1.807, 2.05) is 35.9 Å². The van der Waals surface area contributed by atoms with Gasteiger partial charge in [0.15, 0.2) is 4.80 Å². The number of carboxylic acid groups (broad SMARTS) is 1. The summed E-state index contributed by atoms with van der Waals surface area (Å²) in [5.41, 5.74) is 1.77. The molecule has 0 aliphatic rings. The highest BCUT2D eigenvalue weighted by Crippen LogP contribution is 2.20. The molecule has 0 amide bonds. The molecule has 5 heteroatoms. The quantitative estimate of drug-likeness (QED) is 0.786. The average molecular weight is 284 g/mol. The monoisotopic (exact) mass is 284 g/mol. The molecule has 2 aromatic carbocycles. The van der Waals surface area contributed by atoms with E-state index in [0.29, 0.717) is 5.69 Å². The summed E-state index contributed by atoms with van der Waals surface area (Å²) >= 11 is 1.54. The molecule has 0 saturated carbocycles. The summed E-state index contributed by atoms with van der Waals surface area (Å²) in [5, 5.41) is 9.19. The minimum Gasteiger partial charge on any atom is -0.478 e. The zero-order valence-corrected chi connectivity index (χ0v) is 11.6. The first kappa shape index (κ1) is 12.6. The van der Waals surface area contributed by atoms with Crippen molar-refractivity contribution in [1.82, 2.24) is 4.57 Å². The zero-order valence-electron chi connectivity index (χ0n) is 10.8. The third kappa shape index (κ3) is 2.12. The number of rotatable bonds is 2. The predicted octanol–water partition coefficient (Wildman–Crippen LogP) is 3.17. The number of carboxylic acids is 1. The molecule has 0 radical (unpaired) electrons. The topological polar surface area (TPSA) is 54.6 Å². The fraction of sp³-hybridized carbons (Fsp3) is 0.0667. The molecule has 0 unspecified atom stereocenters. The fourth-order valence-corrected chi connectivity index (χ4v) is 3.08. The van der Waals surface area contributed by atoms with Gasteiger partial charge in [0.1, 0.15) is 0 Å². The first-order valence-corrected chi connectivity index (χ1v) is 6.90. The summed E-state index contributed by atoms with van der Waals surface area (Å²) in [5.74, 6) is -0.965. The van der Waals surface area contributed by atoms with Crippen molar-refractivity contribution in [3.63, 3.8) is 0 Å². The van der Waals surface area contributed by atoms with Crippen molar-refractivity contribution in [3.05, 3.63) is 58.9 Å². The van der Waals surface area contributed by atoms with Crippen LogP contribution in [-0.4, -0.2) is 15.6 Å². The number of hydrogen-bond donors (Lipinski definition) is 1. The van der Waals surface area contributed by atoms with Crippen LogP contribution in [0.1, 0.15) is 10.4 Å². The van der Waals surface area contributed by atoms with E-state index in [9.17, 15) is 9.90 Å². The summed E-state index contributed by atoms with van der Waals surface area (Å²) in [6.45, 7) is 0. The lowest BCUT2D eigenvalue weighted by molar-refractivity contribution is 0.0698. The van der Waals surface area contributed by atoms with Crippen LogP contribution in [0.15, 0.2) is 53.5 Å². The second-order valence-electron chi connectivity index (χ2n) is 4.35. The van der Waals surface area contributed by atoms with Gasteiger partial charge >= 0.3 is 5.97 Å². The van der Waals surface area contributed by atoms with E-state index >= 15 is 0 Å². The SMILES string of the molecule is Cn1c(=Nc2ccccc2C(=O)O)sc2ccccc21. The van der Waals surface area contributed by atoms with Crippen LogP contribution in [-0.2, 0) is 7.05 Å². The van der Waals surface area contributed by atoms with Crippen LogP contribution in [0, 0.1) is 0 Å². The molecule has 0 aliphatic heterocycles. The van der Waals surface area contributed by atoms with Crippen LogP contribution in [0.2, 0.25) is 0 Å². The molecular formula is C15H12N2O2S. The maximum absolute atomic E-state index is 11.2. The molecule has 0 bridgehead atoms. The third-order valence-corrected chi connectivity index (χ3v) is 4.18. The van der Waals surface area contributed by atoms with Gasteiger partial charge in [-0.05, 0) is 24.3 Å². The molecule has 0 spiro atoms. The minimum absolute atomic E-state index is 0.213. The number of thiazole rings is 1. The molecule has 0 fully saturated rings. The van der Waals surface area contributed by atoms with Crippen molar-refractivity contribution in [1.29, 1.82) is 0 Å². The number of aromatic carboxylic acids is 1. The van der Waals surface area contributed by atoms with Gasteiger partial charge in [-0.3, -0.25) is 0 Å². The van der Waals surface area contributed by atoms with E-state index in [0.717, 1.165) is 15.0 Å². The smallest absolute Gasteiger partial charge is 0.337 e. The van der Waals surface area contributed by atoms with Gasteiger partial charge in [0.2, 0.25) is 0 Å². The van der Waals surface area contributed by atoms with Gasteiger partial charge < -0.3 is 9.67 Å². The molecule has 20 heavy (non-hydrogen) atoms. The number of carbonyl (C=O) groups is 1. The van der Waals surface area contributed by atoms with Gasteiger partial charge in [-0.1, -0.05) is 35.6 Å². The van der Waals surface area contributed by atoms with Crippen LogP contribution >= 0.6 is 11.3 Å². The Bertz CT molecular complexity index is 861. The summed E-state index contributed by atoms with van der Waals surface area (Å²) in [7, 11) is 1.93. The van der Waals surface area contributed by atoms with Crippen LogP contribution in [0.25, 0.3) is 10.2 Å². The number of hydrogen-bond acceptors (Lipinski definition) is 3. The highest BCUT2D eigenvalue weighted by atomic mass is 32.1. The third-order valence-electron chi connectivity index (χ3n) is 3.07. The number of aryl methyl sites for hydroxylation is 1. The Kier molecular flexibility index (Phi) is 3.12. The van der Waals surface area contributed by atoms with Crippen LogP contribution in [0.5, 0.6) is 0 Å². The zero-order chi connectivity index (χ0) is 14.1. The number of fused-ring (bicyclic) bond motifs is 1. The van der Waals surface area contributed by atoms with Crippen molar-refractivity contribution in [2.75, 3.05) is 0 Å². The van der Waals surface area contributed by atoms with Gasteiger partial charge in [-0.25, -0.2) is 9.79 Å². The lowest BCUT2D eigenvalue weighted by Gasteiger charge is -1.99. The second-order valence-corrected chi connectivity index (χ2v) is 5.35. The van der Waals surface area contributed by atoms with Crippen molar-refractivity contribution < 1.29 is 9.90 Å². The van der Waals surface area contributed by atoms with E-state index in [-0.39, 0.29) is 5.56 Å². The molecule has 0 aliphatic carbocycles. The van der Waals surface area contributed by atoms with E-state index in [1.54, 1.807) is 35.6 Å². The molecule has 0 saturated heterocycles. The fourth-order valence-electron chi connectivity index (χ4n) is 2.04. The molecule has 100 valence electrons.